The van der Waals surface area contributed by atoms with Crippen LogP contribution in [0.15, 0.2) is 12.1 Å². The summed E-state index contributed by atoms with van der Waals surface area (Å²) in [4.78, 5) is 23.7. The van der Waals surface area contributed by atoms with Gasteiger partial charge < -0.3 is 25.3 Å². The largest absolute Gasteiger partial charge is 0.493 e. The Morgan fingerprint density at radius 2 is 1.96 bits per heavy atom. The molecular formula is C19H27ClN2O5. The van der Waals surface area contributed by atoms with Gasteiger partial charge in [-0.2, -0.15) is 0 Å². The van der Waals surface area contributed by atoms with Crippen molar-refractivity contribution in [3.05, 3.63) is 22.7 Å². The first-order chi connectivity index (χ1) is 12.8. The van der Waals surface area contributed by atoms with Gasteiger partial charge in [0, 0.05) is 24.1 Å². The summed E-state index contributed by atoms with van der Waals surface area (Å²) in [6, 6.07) is 3.05. The van der Waals surface area contributed by atoms with Crippen LogP contribution < -0.4 is 20.5 Å². The van der Waals surface area contributed by atoms with E-state index in [0.717, 1.165) is 19.3 Å². The van der Waals surface area contributed by atoms with Crippen molar-refractivity contribution in [2.75, 3.05) is 20.8 Å². The number of carbonyl (C=O) groups is 2. The monoisotopic (exact) mass is 398 g/mol. The summed E-state index contributed by atoms with van der Waals surface area (Å²) in [5.74, 6) is -0.450. The van der Waals surface area contributed by atoms with Crippen LogP contribution in [0.2, 0.25) is 5.02 Å². The molecule has 1 aliphatic carbocycles. The Kier molecular flexibility index (Phi) is 6.95. The quantitative estimate of drug-likeness (QED) is 0.665. The Morgan fingerprint density at radius 1 is 1.30 bits per heavy atom. The lowest BCUT2D eigenvalue weighted by atomic mass is 9.58. The third-order valence-corrected chi connectivity index (χ3v) is 5.82. The smallest absolute Gasteiger partial charge is 0.255 e. The van der Waals surface area contributed by atoms with E-state index in [-0.39, 0.29) is 46.6 Å². The Labute approximate surface area is 164 Å². The van der Waals surface area contributed by atoms with Crippen LogP contribution in [0.25, 0.3) is 0 Å². The Morgan fingerprint density at radius 3 is 2.48 bits per heavy atom. The fraction of sp³-hybridized carbons (Fsp3) is 0.579. The van der Waals surface area contributed by atoms with Gasteiger partial charge in [0.25, 0.3) is 11.8 Å². The zero-order valence-corrected chi connectivity index (χ0v) is 16.9. The Hall–Kier alpha value is -1.99. The molecule has 2 rings (SSSR count). The third kappa shape index (κ3) is 4.14. The second-order valence-corrected chi connectivity index (χ2v) is 7.08. The lowest BCUT2D eigenvalue weighted by Crippen LogP contribution is -2.64. The first kappa shape index (κ1) is 21.3. The van der Waals surface area contributed by atoms with E-state index >= 15 is 0 Å². The molecule has 0 bridgehead atoms. The number of hydrogen-bond donors (Lipinski definition) is 2. The summed E-state index contributed by atoms with van der Waals surface area (Å²) < 4.78 is 16.1. The molecule has 1 aliphatic rings. The number of nitrogens with one attached hydrogen (secondary N) is 1. The van der Waals surface area contributed by atoms with Gasteiger partial charge in [0.05, 0.1) is 18.2 Å². The van der Waals surface area contributed by atoms with Crippen molar-refractivity contribution < 1.29 is 23.8 Å². The number of primary amides is 1. The molecule has 0 spiro atoms. The first-order valence-corrected chi connectivity index (χ1v) is 9.33. The number of benzene rings is 1. The van der Waals surface area contributed by atoms with Gasteiger partial charge in [-0.1, -0.05) is 25.4 Å². The lowest BCUT2D eigenvalue weighted by Gasteiger charge is -2.55. The molecule has 27 heavy (non-hydrogen) atoms. The van der Waals surface area contributed by atoms with E-state index in [9.17, 15) is 9.59 Å². The molecule has 0 aliphatic heterocycles. The minimum Gasteiger partial charge on any atom is -0.493 e. The predicted molar refractivity (Wildman–Crippen MR) is 102 cm³/mol. The van der Waals surface area contributed by atoms with E-state index in [0.29, 0.717) is 5.56 Å². The molecule has 2 amide bonds. The molecule has 0 saturated heterocycles. The summed E-state index contributed by atoms with van der Waals surface area (Å²) in [5.41, 5.74) is 5.37. The van der Waals surface area contributed by atoms with Gasteiger partial charge in [-0.25, -0.2) is 0 Å². The molecule has 1 saturated carbocycles. The Bertz CT molecular complexity index is 706. The van der Waals surface area contributed by atoms with Crippen LogP contribution in [0.5, 0.6) is 11.5 Å². The van der Waals surface area contributed by atoms with Crippen molar-refractivity contribution in [1.29, 1.82) is 0 Å². The van der Waals surface area contributed by atoms with E-state index < -0.39 is 5.91 Å². The SMILES string of the molecule is CCC1(CC)C(NC(=O)c2cc(Cl)c(OCC(N)=O)c(OC)c2)CC1OC. The summed E-state index contributed by atoms with van der Waals surface area (Å²) >= 11 is 6.22. The third-order valence-electron chi connectivity index (χ3n) is 5.54. The fourth-order valence-corrected chi connectivity index (χ4v) is 4.12. The first-order valence-electron chi connectivity index (χ1n) is 8.95. The Balaban J connectivity index is 2.19. The highest BCUT2D eigenvalue weighted by Gasteiger charge is 2.53. The van der Waals surface area contributed by atoms with E-state index in [1.807, 2.05) is 0 Å². The van der Waals surface area contributed by atoms with E-state index in [4.69, 9.17) is 31.5 Å². The van der Waals surface area contributed by atoms with Gasteiger partial charge in [0.15, 0.2) is 18.1 Å². The van der Waals surface area contributed by atoms with Crippen LogP contribution in [0.1, 0.15) is 43.5 Å². The molecule has 1 aromatic carbocycles. The summed E-state index contributed by atoms with van der Waals surface area (Å²) in [5, 5.41) is 3.26. The van der Waals surface area contributed by atoms with Gasteiger partial charge in [0.2, 0.25) is 0 Å². The molecule has 2 unspecified atom stereocenters. The average molecular weight is 399 g/mol. The van der Waals surface area contributed by atoms with Crippen LogP contribution >= 0.6 is 11.6 Å². The minimum absolute atomic E-state index is 0.0282. The lowest BCUT2D eigenvalue weighted by molar-refractivity contribution is -0.120. The van der Waals surface area contributed by atoms with E-state index in [1.165, 1.54) is 19.2 Å². The van der Waals surface area contributed by atoms with Crippen molar-refractivity contribution in [3.8, 4) is 11.5 Å². The van der Waals surface area contributed by atoms with Crippen molar-refractivity contribution in [2.24, 2.45) is 11.1 Å². The van der Waals surface area contributed by atoms with Crippen LogP contribution in [-0.2, 0) is 9.53 Å². The van der Waals surface area contributed by atoms with E-state index in [1.54, 1.807) is 7.11 Å². The maximum absolute atomic E-state index is 12.8. The molecule has 0 heterocycles. The minimum atomic E-state index is -0.636. The summed E-state index contributed by atoms with van der Waals surface area (Å²) in [6.07, 6.45) is 2.74. The van der Waals surface area contributed by atoms with Gasteiger partial charge in [0.1, 0.15) is 0 Å². The zero-order chi connectivity index (χ0) is 20.2. The molecule has 0 radical (unpaired) electrons. The number of nitrogens with two attached hydrogens (primary N) is 1. The van der Waals surface area contributed by atoms with Crippen LogP contribution in [0, 0.1) is 5.41 Å². The molecule has 150 valence electrons. The normalized spacial score (nSPS) is 20.5. The second kappa shape index (κ2) is 8.80. The highest BCUT2D eigenvalue weighted by Crippen LogP contribution is 2.48. The van der Waals surface area contributed by atoms with Crippen molar-refractivity contribution in [3.63, 3.8) is 0 Å². The second-order valence-electron chi connectivity index (χ2n) is 6.67. The molecule has 3 N–H and O–H groups in total. The zero-order valence-electron chi connectivity index (χ0n) is 16.1. The highest BCUT2D eigenvalue weighted by molar-refractivity contribution is 6.32. The maximum atomic E-state index is 12.8. The molecule has 8 heteroatoms. The van der Waals surface area contributed by atoms with Crippen LogP contribution in [0.4, 0.5) is 0 Å². The number of amides is 2. The molecule has 1 fully saturated rings. The summed E-state index contributed by atoms with van der Waals surface area (Å²) in [6.45, 7) is 3.88. The maximum Gasteiger partial charge on any atom is 0.255 e. The van der Waals surface area contributed by atoms with Gasteiger partial charge in [-0.3, -0.25) is 9.59 Å². The van der Waals surface area contributed by atoms with Gasteiger partial charge in [-0.15, -0.1) is 0 Å². The highest BCUT2D eigenvalue weighted by atomic mass is 35.5. The standard InChI is InChI=1S/C19H27ClN2O5/c1-5-19(6-2)14(9-15(19)26-4)22-18(24)11-7-12(20)17(13(8-11)25-3)27-10-16(21)23/h7-8,14-15H,5-6,9-10H2,1-4H3,(H2,21,23)(H,22,24). The van der Waals surface area contributed by atoms with Crippen LogP contribution in [-0.4, -0.2) is 44.8 Å². The number of methoxy groups -OCH3 is 2. The molecule has 2 atom stereocenters. The number of hydrogen-bond acceptors (Lipinski definition) is 5. The fourth-order valence-electron chi connectivity index (χ4n) is 3.86. The van der Waals surface area contributed by atoms with Gasteiger partial charge in [-0.05, 0) is 31.4 Å². The molecule has 7 nitrogen and oxygen atoms in total. The van der Waals surface area contributed by atoms with E-state index in [2.05, 4.69) is 19.2 Å². The topological polar surface area (TPSA) is 99.9 Å². The van der Waals surface area contributed by atoms with Crippen molar-refractivity contribution in [2.45, 2.75) is 45.3 Å². The van der Waals surface area contributed by atoms with Crippen LogP contribution in [0.3, 0.4) is 0 Å². The van der Waals surface area contributed by atoms with Crippen molar-refractivity contribution in [1.82, 2.24) is 5.32 Å². The number of carbonyl (C=O) groups excluding carboxylic acids is 2. The number of ether oxygens (including phenoxy) is 3. The molecule has 1 aromatic rings. The summed E-state index contributed by atoms with van der Waals surface area (Å²) in [7, 11) is 3.14. The van der Waals surface area contributed by atoms with Crippen molar-refractivity contribution >= 4 is 23.4 Å². The number of rotatable bonds is 9. The average Bonchev–Trinajstić information content (AvgIpc) is 2.63. The van der Waals surface area contributed by atoms with Gasteiger partial charge >= 0.3 is 0 Å². The molecular weight excluding hydrogens is 372 g/mol. The number of halogens is 1. The predicted octanol–water partition coefficient (Wildman–Crippen LogP) is 2.54. The molecule has 0 aromatic heterocycles.